The molecular formula is C16H28O3. The second kappa shape index (κ2) is 7.28. The summed E-state index contributed by atoms with van der Waals surface area (Å²) in [6.07, 6.45) is 15.3. The molecule has 1 unspecified atom stereocenters. The fourth-order valence-corrected chi connectivity index (χ4v) is 3.32. The van der Waals surface area contributed by atoms with Crippen LogP contribution in [0.3, 0.4) is 0 Å². The number of aliphatic carboxylic acids is 1. The Morgan fingerprint density at radius 1 is 1.05 bits per heavy atom. The maximum Gasteiger partial charge on any atom is 0.338 e. The molecule has 0 spiro atoms. The van der Waals surface area contributed by atoms with Gasteiger partial charge in [0.25, 0.3) is 0 Å². The summed E-state index contributed by atoms with van der Waals surface area (Å²) in [7, 11) is 0. The second-order valence-corrected chi connectivity index (χ2v) is 6.40. The molecule has 3 heteroatoms. The average molecular weight is 268 g/mol. The van der Waals surface area contributed by atoms with E-state index in [0.29, 0.717) is 13.0 Å². The van der Waals surface area contributed by atoms with Crippen molar-refractivity contribution in [3.05, 3.63) is 0 Å². The van der Waals surface area contributed by atoms with Gasteiger partial charge in [-0.2, -0.15) is 0 Å². The smallest absolute Gasteiger partial charge is 0.338 e. The van der Waals surface area contributed by atoms with E-state index >= 15 is 0 Å². The molecule has 0 aromatic carbocycles. The molecule has 2 rings (SSSR count). The third-order valence-electron chi connectivity index (χ3n) is 4.80. The molecule has 2 fully saturated rings. The lowest BCUT2D eigenvalue weighted by Gasteiger charge is -2.18. The van der Waals surface area contributed by atoms with Crippen molar-refractivity contribution in [2.75, 3.05) is 6.61 Å². The molecule has 1 aliphatic heterocycles. The normalized spacial score (nSPS) is 29.9. The fraction of sp³-hybridized carbons (Fsp3) is 0.938. The maximum absolute atomic E-state index is 11.0. The van der Waals surface area contributed by atoms with Gasteiger partial charge in [-0.25, -0.2) is 4.79 Å². The van der Waals surface area contributed by atoms with E-state index in [-0.39, 0.29) is 0 Å². The molecule has 3 nitrogen and oxygen atoms in total. The van der Waals surface area contributed by atoms with Gasteiger partial charge in [0.15, 0.2) is 5.60 Å². The van der Waals surface area contributed by atoms with Crippen LogP contribution >= 0.6 is 0 Å². The van der Waals surface area contributed by atoms with Gasteiger partial charge in [-0.15, -0.1) is 0 Å². The molecule has 2 aliphatic rings. The van der Waals surface area contributed by atoms with Crippen molar-refractivity contribution in [2.45, 2.75) is 82.7 Å². The Bertz CT molecular complexity index is 274. The first kappa shape index (κ1) is 14.8. The third kappa shape index (κ3) is 4.79. The molecule has 1 aliphatic carbocycles. The number of carbonyl (C=O) groups is 1. The summed E-state index contributed by atoms with van der Waals surface area (Å²) in [5.41, 5.74) is -0.796. The van der Waals surface area contributed by atoms with Crippen LogP contribution in [0.4, 0.5) is 0 Å². The van der Waals surface area contributed by atoms with Gasteiger partial charge < -0.3 is 9.84 Å². The van der Waals surface area contributed by atoms with Gasteiger partial charge in [0.05, 0.1) is 6.61 Å². The van der Waals surface area contributed by atoms with Crippen molar-refractivity contribution in [1.29, 1.82) is 0 Å². The van der Waals surface area contributed by atoms with Gasteiger partial charge in [-0.1, -0.05) is 64.2 Å². The van der Waals surface area contributed by atoms with Crippen LogP contribution in [0.2, 0.25) is 0 Å². The van der Waals surface area contributed by atoms with Crippen LogP contribution in [-0.4, -0.2) is 23.3 Å². The Labute approximate surface area is 116 Å². The number of hydrogen-bond acceptors (Lipinski definition) is 2. The Hall–Kier alpha value is -0.570. The largest absolute Gasteiger partial charge is 0.479 e. The minimum atomic E-state index is -0.796. The topological polar surface area (TPSA) is 49.8 Å². The van der Waals surface area contributed by atoms with Crippen molar-refractivity contribution in [3.8, 4) is 0 Å². The molecule has 1 saturated heterocycles. The summed E-state index contributed by atoms with van der Waals surface area (Å²) in [5.74, 6) is 0.0566. The van der Waals surface area contributed by atoms with Crippen LogP contribution in [0, 0.1) is 5.92 Å². The van der Waals surface area contributed by atoms with Gasteiger partial charge in [0.2, 0.25) is 0 Å². The van der Waals surface area contributed by atoms with Crippen LogP contribution in [0.5, 0.6) is 0 Å². The Balaban J connectivity index is 1.66. The van der Waals surface area contributed by atoms with E-state index in [1.54, 1.807) is 0 Å². The highest BCUT2D eigenvalue weighted by Crippen LogP contribution is 2.34. The van der Waals surface area contributed by atoms with Gasteiger partial charge in [-0.3, -0.25) is 0 Å². The van der Waals surface area contributed by atoms with Crippen LogP contribution in [0.1, 0.15) is 77.0 Å². The molecular weight excluding hydrogens is 240 g/mol. The van der Waals surface area contributed by atoms with Crippen molar-refractivity contribution < 1.29 is 14.6 Å². The van der Waals surface area contributed by atoms with E-state index in [2.05, 4.69) is 0 Å². The molecule has 1 saturated carbocycles. The number of epoxide rings is 1. The molecule has 19 heavy (non-hydrogen) atoms. The van der Waals surface area contributed by atoms with E-state index in [9.17, 15) is 4.79 Å². The number of rotatable bonds is 5. The maximum atomic E-state index is 11.0. The molecule has 1 atom stereocenters. The zero-order chi connectivity index (χ0) is 13.6. The third-order valence-corrected chi connectivity index (χ3v) is 4.80. The van der Waals surface area contributed by atoms with Gasteiger partial charge in [0, 0.05) is 0 Å². The monoisotopic (exact) mass is 268 g/mol. The molecule has 0 aromatic rings. The molecule has 1 heterocycles. The predicted molar refractivity (Wildman–Crippen MR) is 75.2 cm³/mol. The Morgan fingerprint density at radius 2 is 1.58 bits per heavy atom. The van der Waals surface area contributed by atoms with Crippen molar-refractivity contribution in [1.82, 2.24) is 0 Å². The fourth-order valence-electron chi connectivity index (χ4n) is 3.32. The Kier molecular flexibility index (Phi) is 5.68. The van der Waals surface area contributed by atoms with E-state index in [1.165, 1.54) is 64.2 Å². The highest BCUT2D eigenvalue weighted by atomic mass is 16.6. The lowest BCUT2D eigenvalue weighted by Crippen LogP contribution is -2.24. The molecule has 1 N–H and O–H groups in total. The van der Waals surface area contributed by atoms with Crippen LogP contribution in [0.25, 0.3) is 0 Å². The lowest BCUT2D eigenvalue weighted by atomic mass is 9.87. The van der Waals surface area contributed by atoms with E-state index < -0.39 is 11.6 Å². The van der Waals surface area contributed by atoms with Crippen LogP contribution in [0.15, 0.2) is 0 Å². The highest BCUT2D eigenvalue weighted by molar-refractivity contribution is 5.80. The summed E-state index contributed by atoms with van der Waals surface area (Å²) in [6, 6.07) is 0. The van der Waals surface area contributed by atoms with Gasteiger partial charge in [0.1, 0.15) is 0 Å². The van der Waals surface area contributed by atoms with Crippen LogP contribution < -0.4 is 0 Å². The summed E-state index contributed by atoms with van der Waals surface area (Å²) in [6.45, 7) is 0.424. The molecule has 0 aromatic heterocycles. The van der Waals surface area contributed by atoms with E-state index in [1.807, 2.05) is 0 Å². The summed E-state index contributed by atoms with van der Waals surface area (Å²) in [4.78, 5) is 11.0. The van der Waals surface area contributed by atoms with E-state index in [4.69, 9.17) is 9.84 Å². The quantitative estimate of drug-likeness (QED) is 0.762. The standard InChI is InChI=1S/C16H28O3/c17-15(18)16(13-19-16)12-8-11-14-9-6-4-2-1-3-5-7-10-14/h14H,1-13H2,(H,17,18). The lowest BCUT2D eigenvalue weighted by molar-refractivity contribution is -0.143. The number of ether oxygens (including phenoxy) is 1. The number of carboxylic acid groups (broad SMARTS) is 1. The highest BCUT2D eigenvalue weighted by Gasteiger charge is 2.51. The molecule has 110 valence electrons. The summed E-state index contributed by atoms with van der Waals surface area (Å²) >= 11 is 0. The van der Waals surface area contributed by atoms with E-state index in [0.717, 1.165) is 12.3 Å². The summed E-state index contributed by atoms with van der Waals surface area (Å²) < 4.78 is 5.13. The minimum Gasteiger partial charge on any atom is -0.479 e. The van der Waals surface area contributed by atoms with Gasteiger partial charge in [-0.05, 0) is 18.8 Å². The first-order valence-electron chi connectivity index (χ1n) is 8.10. The van der Waals surface area contributed by atoms with Gasteiger partial charge >= 0.3 is 5.97 Å². The van der Waals surface area contributed by atoms with Crippen molar-refractivity contribution in [3.63, 3.8) is 0 Å². The number of carboxylic acids is 1. The van der Waals surface area contributed by atoms with Crippen molar-refractivity contribution in [2.24, 2.45) is 5.92 Å². The second-order valence-electron chi connectivity index (χ2n) is 6.40. The SMILES string of the molecule is O=C(O)C1(CCCC2CCCCCCCCC2)CO1. The zero-order valence-electron chi connectivity index (χ0n) is 12.0. The molecule has 0 radical (unpaired) electrons. The van der Waals surface area contributed by atoms with Crippen molar-refractivity contribution >= 4 is 5.97 Å². The number of hydrogen-bond donors (Lipinski definition) is 1. The first-order chi connectivity index (χ1) is 9.23. The Morgan fingerprint density at radius 3 is 2.05 bits per heavy atom. The summed E-state index contributed by atoms with van der Waals surface area (Å²) in [5, 5.41) is 9.07. The predicted octanol–water partition coefficient (Wildman–Crippen LogP) is 4.15. The van der Waals surface area contributed by atoms with Crippen LogP contribution in [-0.2, 0) is 9.53 Å². The first-order valence-corrected chi connectivity index (χ1v) is 8.10. The molecule has 0 amide bonds. The zero-order valence-corrected chi connectivity index (χ0v) is 12.0. The average Bonchev–Trinajstić information content (AvgIpc) is 3.18. The molecule has 0 bridgehead atoms. The minimum absolute atomic E-state index is 0.424.